The molecule has 122 valence electrons. The van der Waals surface area contributed by atoms with Gasteiger partial charge in [-0.15, -0.1) is 0 Å². The first-order chi connectivity index (χ1) is 10.6. The Hall–Kier alpha value is -1.59. The summed E-state index contributed by atoms with van der Waals surface area (Å²) >= 11 is 0. The van der Waals surface area contributed by atoms with Crippen LogP contribution in [0.15, 0.2) is 18.2 Å². The molecule has 1 saturated heterocycles. The lowest BCUT2D eigenvalue weighted by atomic mass is 10.1. The lowest BCUT2D eigenvalue weighted by molar-refractivity contribution is -0.121. The molecular formula is C17H27N3O2. The molecule has 2 N–H and O–H groups in total. The lowest BCUT2D eigenvalue weighted by Crippen LogP contribution is -2.46. The van der Waals surface area contributed by atoms with E-state index < -0.39 is 0 Å². The molecular weight excluding hydrogens is 278 g/mol. The molecule has 0 bridgehead atoms. The molecule has 1 aliphatic rings. The number of ether oxygens (including phenoxy) is 1. The number of nitrogens with zero attached hydrogens (tertiary/aromatic N) is 1. The summed E-state index contributed by atoms with van der Waals surface area (Å²) in [5.74, 6) is 0.885. The highest BCUT2D eigenvalue weighted by Crippen LogP contribution is 2.16. The van der Waals surface area contributed by atoms with Crippen LogP contribution in [0.1, 0.15) is 17.5 Å². The molecule has 5 nitrogen and oxygen atoms in total. The van der Waals surface area contributed by atoms with Crippen molar-refractivity contribution in [2.75, 3.05) is 45.9 Å². The van der Waals surface area contributed by atoms with Crippen molar-refractivity contribution in [1.29, 1.82) is 0 Å². The number of amides is 1. The number of hydrogen-bond donors (Lipinski definition) is 2. The topological polar surface area (TPSA) is 53.6 Å². The smallest absolute Gasteiger partial charge is 0.223 e. The average molecular weight is 305 g/mol. The Labute approximate surface area is 133 Å². The SMILES string of the molecule is Cc1ccc(OCCC(=O)NCCN2CCNCC2)cc1C. The third-order valence-corrected chi connectivity index (χ3v) is 4.04. The van der Waals surface area contributed by atoms with Crippen LogP contribution in [0.25, 0.3) is 0 Å². The van der Waals surface area contributed by atoms with Crippen molar-refractivity contribution in [3.63, 3.8) is 0 Å². The van der Waals surface area contributed by atoms with Crippen LogP contribution in [0.3, 0.4) is 0 Å². The van der Waals surface area contributed by atoms with Crippen LogP contribution in [0.2, 0.25) is 0 Å². The van der Waals surface area contributed by atoms with Crippen molar-refractivity contribution in [2.45, 2.75) is 20.3 Å². The summed E-state index contributed by atoms with van der Waals surface area (Å²) in [6.07, 6.45) is 0.397. The summed E-state index contributed by atoms with van der Waals surface area (Å²) in [5, 5.41) is 6.27. The van der Waals surface area contributed by atoms with Gasteiger partial charge in [-0.25, -0.2) is 0 Å². The Morgan fingerprint density at radius 2 is 2.05 bits per heavy atom. The van der Waals surface area contributed by atoms with Crippen molar-refractivity contribution < 1.29 is 9.53 Å². The summed E-state index contributed by atoms with van der Waals surface area (Å²) in [6.45, 7) is 10.4. The summed E-state index contributed by atoms with van der Waals surface area (Å²) < 4.78 is 5.63. The summed E-state index contributed by atoms with van der Waals surface area (Å²) in [4.78, 5) is 14.1. The normalized spacial score (nSPS) is 15.5. The molecule has 1 heterocycles. The first-order valence-electron chi connectivity index (χ1n) is 8.05. The van der Waals surface area contributed by atoms with Gasteiger partial charge in [0.15, 0.2) is 0 Å². The van der Waals surface area contributed by atoms with E-state index in [4.69, 9.17) is 4.74 Å². The van der Waals surface area contributed by atoms with E-state index in [1.54, 1.807) is 0 Å². The van der Waals surface area contributed by atoms with Crippen LogP contribution in [0.5, 0.6) is 5.75 Å². The quantitative estimate of drug-likeness (QED) is 0.792. The van der Waals surface area contributed by atoms with Gasteiger partial charge in [-0.1, -0.05) is 6.07 Å². The third kappa shape index (κ3) is 5.66. The Bertz CT molecular complexity index is 485. The summed E-state index contributed by atoms with van der Waals surface area (Å²) in [7, 11) is 0. The van der Waals surface area contributed by atoms with Crippen molar-refractivity contribution in [2.24, 2.45) is 0 Å². The fourth-order valence-corrected chi connectivity index (χ4v) is 2.44. The minimum absolute atomic E-state index is 0.0546. The predicted molar refractivity (Wildman–Crippen MR) is 88.3 cm³/mol. The summed E-state index contributed by atoms with van der Waals surface area (Å²) in [6, 6.07) is 6.00. The van der Waals surface area contributed by atoms with Crippen molar-refractivity contribution >= 4 is 5.91 Å². The molecule has 0 atom stereocenters. The fraction of sp³-hybridized carbons (Fsp3) is 0.588. The van der Waals surface area contributed by atoms with Gasteiger partial charge in [0.1, 0.15) is 5.75 Å². The molecule has 0 radical (unpaired) electrons. The average Bonchev–Trinajstić information content (AvgIpc) is 2.52. The van der Waals surface area contributed by atoms with E-state index in [-0.39, 0.29) is 5.91 Å². The zero-order chi connectivity index (χ0) is 15.8. The minimum Gasteiger partial charge on any atom is -0.493 e. The largest absolute Gasteiger partial charge is 0.493 e. The number of nitrogens with one attached hydrogen (secondary N) is 2. The molecule has 1 aliphatic heterocycles. The van der Waals surface area contributed by atoms with Gasteiger partial charge in [-0.2, -0.15) is 0 Å². The second-order valence-electron chi connectivity index (χ2n) is 5.79. The predicted octanol–water partition coefficient (Wildman–Crippen LogP) is 1.09. The zero-order valence-electron chi connectivity index (χ0n) is 13.7. The Kier molecular flexibility index (Phi) is 6.68. The number of piperazine rings is 1. The van der Waals surface area contributed by atoms with Crippen molar-refractivity contribution in [1.82, 2.24) is 15.5 Å². The van der Waals surface area contributed by atoms with Crippen LogP contribution >= 0.6 is 0 Å². The van der Waals surface area contributed by atoms with Crippen molar-refractivity contribution in [3.8, 4) is 5.75 Å². The molecule has 1 aromatic rings. The molecule has 1 fully saturated rings. The maximum absolute atomic E-state index is 11.8. The highest BCUT2D eigenvalue weighted by Gasteiger charge is 2.09. The number of hydrogen-bond acceptors (Lipinski definition) is 4. The van der Waals surface area contributed by atoms with Gasteiger partial charge in [-0.05, 0) is 37.1 Å². The second-order valence-corrected chi connectivity index (χ2v) is 5.79. The number of carbonyl (C=O) groups is 1. The standard InChI is InChI=1S/C17H27N3O2/c1-14-3-4-16(13-15(14)2)22-12-5-17(21)19-8-11-20-9-6-18-7-10-20/h3-4,13,18H,5-12H2,1-2H3,(H,19,21). The van der Waals surface area contributed by atoms with E-state index in [2.05, 4.69) is 29.4 Å². The maximum atomic E-state index is 11.8. The number of rotatable bonds is 7. The van der Waals surface area contributed by atoms with E-state index in [0.717, 1.165) is 38.5 Å². The molecule has 0 unspecified atom stereocenters. The van der Waals surface area contributed by atoms with E-state index in [1.165, 1.54) is 11.1 Å². The highest BCUT2D eigenvalue weighted by atomic mass is 16.5. The van der Waals surface area contributed by atoms with Gasteiger partial charge in [0.05, 0.1) is 13.0 Å². The van der Waals surface area contributed by atoms with E-state index in [0.29, 0.717) is 19.6 Å². The van der Waals surface area contributed by atoms with E-state index >= 15 is 0 Å². The molecule has 0 aromatic heterocycles. The van der Waals surface area contributed by atoms with Crippen LogP contribution in [0.4, 0.5) is 0 Å². The van der Waals surface area contributed by atoms with Gasteiger partial charge < -0.3 is 15.4 Å². The summed E-state index contributed by atoms with van der Waals surface area (Å²) in [5.41, 5.74) is 2.45. The zero-order valence-corrected chi connectivity index (χ0v) is 13.7. The molecule has 22 heavy (non-hydrogen) atoms. The van der Waals surface area contributed by atoms with Crippen LogP contribution in [0, 0.1) is 13.8 Å². The number of aryl methyl sites for hydroxylation is 2. The first-order valence-corrected chi connectivity index (χ1v) is 8.05. The number of benzene rings is 1. The fourth-order valence-electron chi connectivity index (χ4n) is 2.44. The first kappa shape index (κ1) is 16.8. The molecule has 1 aromatic carbocycles. The van der Waals surface area contributed by atoms with Crippen molar-refractivity contribution in [3.05, 3.63) is 29.3 Å². The van der Waals surface area contributed by atoms with Crippen LogP contribution in [-0.4, -0.2) is 56.7 Å². The Morgan fingerprint density at radius 1 is 1.27 bits per heavy atom. The second kappa shape index (κ2) is 8.76. The van der Waals surface area contributed by atoms with Crippen LogP contribution in [-0.2, 0) is 4.79 Å². The molecule has 5 heteroatoms. The Balaban J connectivity index is 1.58. The molecule has 0 spiro atoms. The van der Waals surface area contributed by atoms with Gasteiger partial charge in [0.25, 0.3) is 0 Å². The van der Waals surface area contributed by atoms with Gasteiger partial charge in [0, 0.05) is 39.3 Å². The van der Waals surface area contributed by atoms with Crippen LogP contribution < -0.4 is 15.4 Å². The minimum atomic E-state index is 0.0546. The molecule has 0 aliphatic carbocycles. The highest BCUT2D eigenvalue weighted by molar-refractivity contribution is 5.75. The van der Waals surface area contributed by atoms with Gasteiger partial charge in [-0.3, -0.25) is 9.69 Å². The molecule has 1 amide bonds. The van der Waals surface area contributed by atoms with E-state index in [9.17, 15) is 4.79 Å². The monoisotopic (exact) mass is 305 g/mol. The van der Waals surface area contributed by atoms with E-state index in [1.807, 2.05) is 18.2 Å². The molecule has 0 saturated carbocycles. The number of carbonyl (C=O) groups excluding carboxylic acids is 1. The third-order valence-electron chi connectivity index (χ3n) is 4.04. The lowest BCUT2D eigenvalue weighted by Gasteiger charge is -2.27. The van der Waals surface area contributed by atoms with Gasteiger partial charge in [0.2, 0.25) is 5.91 Å². The maximum Gasteiger partial charge on any atom is 0.223 e. The Morgan fingerprint density at radius 3 is 2.77 bits per heavy atom. The van der Waals surface area contributed by atoms with Gasteiger partial charge >= 0.3 is 0 Å². The molecule has 2 rings (SSSR count).